The largest absolute Gasteiger partial charge is 0.502 e. The highest BCUT2D eigenvalue weighted by atomic mass is 28.4. The van der Waals surface area contributed by atoms with Gasteiger partial charge in [0.1, 0.15) is 0 Å². The second kappa shape index (κ2) is 7.45. The number of rotatable bonds is 9. The average Bonchev–Trinajstić information content (AvgIpc) is 2.24. The molecule has 1 saturated heterocycles. The van der Waals surface area contributed by atoms with E-state index in [0.29, 0.717) is 13.2 Å². The first kappa shape index (κ1) is 15.1. The van der Waals surface area contributed by atoms with Gasteiger partial charge in [0.25, 0.3) is 0 Å². The maximum atomic E-state index is 5.87. The molecule has 6 heteroatoms. The summed E-state index contributed by atoms with van der Waals surface area (Å²) in [5.74, 6) is 0. The molecule has 0 aromatic carbocycles. The maximum absolute atomic E-state index is 5.87. The van der Waals surface area contributed by atoms with Crippen LogP contribution in [0.5, 0.6) is 0 Å². The van der Waals surface area contributed by atoms with Crippen molar-refractivity contribution in [3.05, 3.63) is 0 Å². The molecule has 1 rings (SSSR count). The maximum Gasteiger partial charge on any atom is 0.502 e. The van der Waals surface area contributed by atoms with Gasteiger partial charge in [-0.05, 0) is 20.8 Å². The first-order chi connectivity index (χ1) is 8.15. The summed E-state index contributed by atoms with van der Waals surface area (Å²) in [4.78, 5) is 0. The third-order valence-corrected chi connectivity index (χ3v) is 5.52. The lowest BCUT2D eigenvalue weighted by atomic mass is 10.3. The quantitative estimate of drug-likeness (QED) is 0.471. The van der Waals surface area contributed by atoms with Crippen LogP contribution in [0.4, 0.5) is 0 Å². The highest BCUT2D eigenvalue weighted by Crippen LogP contribution is 2.21. The number of hydrogen-bond donors (Lipinski definition) is 0. The van der Waals surface area contributed by atoms with Gasteiger partial charge in [0, 0.05) is 25.7 Å². The second-order valence-corrected chi connectivity index (χ2v) is 6.70. The van der Waals surface area contributed by atoms with Gasteiger partial charge >= 0.3 is 8.80 Å². The predicted molar refractivity (Wildman–Crippen MR) is 65.5 cm³/mol. The Morgan fingerprint density at radius 3 is 2.18 bits per heavy atom. The highest BCUT2D eigenvalue weighted by Gasteiger charge is 2.41. The zero-order valence-electron chi connectivity index (χ0n) is 11.2. The fourth-order valence-corrected chi connectivity index (χ4v) is 3.89. The topological polar surface area (TPSA) is 46.2 Å². The van der Waals surface area contributed by atoms with Gasteiger partial charge in [-0.3, -0.25) is 0 Å². The van der Waals surface area contributed by atoms with Crippen LogP contribution in [0.1, 0.15) is 34.1 Å². The van der Waals surface area contributed by atoms with Gasteiger partial charge in [-0.2, -0.15) is 0 Å². The third-order valence-electron chi connectivity index (χ3n) is 2.51. The first-order valence-corrected chi connectivity index (χ1v) is 8.31. The summed E-state index contributed by atoms with van der Waals surface area (Å²) >= 11 is 0. The Morgan fingerprint density at radius 2 is 1.82 bits per heavy atom. The van der Waals surface area contributed by atoms with Gasteiger partial charge in [-0.15, -0.1) is 0 Å². The molecule has 0 spiro atoms. The molecule has 1 aliphatic heterocycles. The van der Waals surface area contributed by atoms with E-state index in [9.17, 15) is 0 Å². The van der Waals surface area contributed by atoms with E-state index in [2.05, 4.69) is 0 Å². The lowest BCUT2D eigenvalue weighted by Crippen LogP contribution is -2.49. The minimum absolute atomic E-state index is 0.128. The number of ether oxygens (including phenoxy) is 2. The van der Waals surface area contributed by atoms with Gasteiger partial charge < -0.3 is 22.8 Å². The summed E-state index contributed by atoms with van der Waals surface area (Å²) in [7, 11) is -2.57. The van der Waals surface area contributed by atoms with Crippen molar-refractivity contribution in [1.29, 1.82) is 0 Å². The molecule has 0 aromatic rings. The van der Waals surface area contributed by atoms with Crippen LogP contribution in [0.25, 0.3) is 0 Å². The SMILES string of the molecule is CCO[Si](CC)(OCC)OC(C)OC1CCO1. The molecule has 0 radical (unpaired) electrons. The first-order valence-electron chi connectivity index (χ1n) is 6.38. The van der Waals surface area contributed by atoms with E-state index < -0.39 is 8.80 Å². The summed E-state index contributed by atoms with van der Waals surface area (Å²) in [6, 6.07) is 0.744. The fraction of sp³-hybridized carbons (Fsp3) is 1.00. The molecule has 0 aromatic heterocycles. The van der Waals surface area contributed by atoms with Crippen LogP contribution >= 0.6 is 0 Å². The van der Waals surface area contributed by atoms with Gasteiger partial charge in [0.2, 0.25) is 0 Å². The fourth-order valence-electron chi connectivity index (χ4n) is 1.65. The molecule has 17 heavy (non-hydrogen) atoms. The van der Waals surface area contributed by atoms with Crippen LogP contribution in [-0.2, 0) is 22.8 Å². The van der Waals surface area contributed by atoms with Crippen LogP contribution in [0.2, 0.25) is 6.04 Å². The molecule has 1 heterocycles. The average molecular weight is 264 g/mol. The smallest absolute Gasteiger partial charge is 0.374 e. The zero-order chi connectivity index (χ0) is 12.7. The highest BCUT2D eigenvalue weighted by molar-refractivity contribution is 6.60. The lowest BCUT2D eigenvalue weighted by molar-refractivity contribution is -0.272. The van der Waals surface area contributed by atoms with E-state index in [1.165, 1.54) is 0 Å². The summed E-state index contributed by atoms with van der Waals surface area (Å²) in [5.41, 5.74) is 0. The molecule has 2 atom stereocenters. The zero-order valence-corrected chi connectivity index (χ0v) is 12.2. The van der Waals surface area contributed by atoms with E-state index >= 15 is 0 Å². The van der Waals surface area contributed by atoms with Crippen molar-refractivity contribution in [3.8, 4) is 0 Å². The van der Waals surface area contributed by atoms with Gasteiger partial charge in [-0.1, -0.05) is 6.92 Å². The van der Waals surface area contributed by atoms with Crippen LogP contribution in [0.15, 0.2) is 0 Å². The van der Waals surface area contributed by atoms with E-state index in [-0.39, 0.29) is 12.6 Å². The lowest BCUT2D eigenvalue weighted by Gasteiger charge is -2.34. The van der Waals surface area contributed by atoms with E-state index in [4.69, 9.17) is 22.8 Å². The van der Waals surface area contributed by atoms with Crippen LogP contribution in [0, 0.1) is 0 Å². The Hall–Kier alpha value is 0.0169. The predicted octanol–water partition coefficient (Wildman–Crippen LogP) is 2.14. The van der Waals surface area contributed by atoms with Gasteiger partial charge in [0.05, 0.1) is 6.61 Å². The van der Waals surface area contributed by atoms with Crippen molar-refractivity contribution in [2.45, 2.75) is 52.7 Å². The molecule has 1 aliphatic rings. The molecule has 1 fully saturated rings. The molecule has 2 unspecified atom stereocenters. The summed E-state index contributed by atoms with van der Waals surface area (Å²) in [6.45, 7) is 9.71. The van der Waals surface area contributed by atoms with E-state index in [1.54, 1.807) is 0 Å². The third kappa shape index (κ3) is 4.65. The minimum Gasteiger partial charge on any atom is -0.374 e. The summed E-state index contributed by atoms with van der Waals surface area (Å²) in [5, 5.41) is 0. The normalized spacial score (nSPS) is 22.2. The molecule has 0 saturated carbocycles. The Bertz CT molecular complexity index is 204. The van der Waals surface area contributed by atoms with Crippen molar-refractivity contribution < 1.29 is 22.8 Å². The van der Waals surface area contributed by atoms with Crippen molar-refractivity contribution in [1.82, 2.24) is 0 Å². The van der Waals surface area contributed by atoms with Crippen LogP contribution in [0.3, 0.4) is 0 Å². The van der Waals surface area contributed by atoms with Crippen molar-refractivity contribution >= 4 is 8.80 Å². The number of hydrogen-bond acceptors (Lipinski definition) is 5. The van der Waals surface area contributed by atoms with Gasteiger partial charge in [-0.25, -0.2) is 0 Å². The molecule has 0 amide bonds. The molecular weight excluding hydrogens is 240 g/mol. The molecule has 0 N–H and O–H groups in total. The monoisotopic (exact) mass is 264 g/mol. The second-order valence-electron chi connectivity index (χ2n) is 3.81. The van der Waals surface area contributed by atoms with Crippen molar-refractivity contribution in [2.24, 2.45) is 0 Å². The molecular formula is C11H24O5Si. The van der Waals surface area contributed by atoms with Crippen LogP contribution in [-0.4, -0.2) is 41.2 Å². The van der Waals surface area contributed by atoms with E-state index in [0.717, 1.165) is 19.1 Å². The van der Waals surface area contributed by atoms with Crippen LogP contribution < -0.4 is 0 Å². The Labute approximate surface area is 105 Å². The Balaban J connectivity index is 2.44. The Morgan fingerprint density at radius 1 is 1.24 bits per heavy atom. The van der Waals surface area contributed by atoms with E-state index in [1.807, 2.05) is 27.7 Å². The molecule has 0 bridgehead atoms. The Kier molecular flexibility index (Phi) is 6.61. The van der Waals surface area contributed by atoms with Crippen molar-refractivity contribution in [3.63, 3.8) is 0 Å². The summed E-state index contributed by atoms with van der Waals surface area (Å²) < 4.78 is 28.0. The minimum atomic E-state index is -2.57. The van der Waals surface area contributed by atoms with Crippen molar-refractivity contribution in [2.75, 3.05) is 19.8 Å². The van der Waals surface area contributed by atoms with Gasteiger partial charge in [0.15, 0.2) is 12.6 Å². The molecule has 5 nitrogen and oxygen atoms in total. The standard InChI is InChI=1S/C11H24O5Si/c1-5-13-17(7-3,14-6-2)16-10(4)15-11-8-9-12-11/h10-11H,5-9H2,1-4H3. The molecule has 102 valence electrons. The summed E-state index contributed by atoms with van der Waals surface area (Å²) in [6.07, 6.45) is 0.444. The molecule has 0 aliphatic carbocycles.